The van der Waals surface area contributed by atoms with Gasteiger partial charge in [-0.3, -0.25) is 9.13 Å². The second kappa shape index (κ2) is 5.81. The lowest BCUT2D eigenvalue weighted by molar-refractivity contribution is 0.337. The van der Waals surface area contributed by atoms with Crippen LogP contribution in [0.15, 0.2) is 24.4 Å². The zero-order valence-corrected chi connectivity index (χ0v) is 14.8. The molecular formula is C13H20N2O6P2. The molecule has 23 heavy (non-hydrogen) atoms. The SMILES string of the molecule is CC(C)(C)c1nc2ccccn2c1CC(P(=O)(O)O)P(=O)(O)O. The van der Waals surface area contributed by atoms with Crippen molar-refractivity contribution in [1.82, 2.24) is 9.38 Å². The lowest BCUT2D eigenvalue weighted by Gasteiger charge is -2.23. The molecule has 0 aromatic carbocycles. The fourth-order valence-corrected chi connectivity index (χ4v) is 4.84. The van der Waals surface area contributed by atoms with Gasteiger partial charge in [0.25, 0.3) is 0 Å². The van der Waals surface area contributed by atoms with E-state index >= 15 is 0 Å². The van der Waals surface area contributed by atoms with E-state index in [2.05, 4.69) is 4.98 Å². The second-order valence-electron chi connectivity index (χ2n) is 6.45. The highest BCUT2D eigenvalue weighted by molar-refractivity contribution is 7.70. The molecule has 2 aromatic heterocycles. The van der Waals surface area contributed by atoms with Crippen LogP contribution >= 0.6 is 15.2 Å². The zero-order chi connectivity index (χ0) is 17.6. The minimum atomic E-state index is -4.99. The first-order chi connectivity index (χ1) is 10.3. The lowest BCUT2D eigenvalue weighted by atomic mass is 9.90. The molecule has 0 amide bonds. The number of pyridine rings is 1. The summed E-state index contributed by atoms with van der Waals surface area (Å²) in [4.78, 5) is 41.9. The summed E-state index contributed by atoms with van der Waals surface area (Å²) in [5, 5.41) is -2.09. The third-order valence-electron chi connectivity index (χ3n) is 3.49. The molecule has 0 unspecified atom stereocenters. The molecule has 0 radical (unpaired) electrons. The Kier molecular flexibility index (Phi) is 4.63. The minimum Gasteiger partial charge on any atom is -0.324 e. The van der Waals surface area contributed by atoms with Gasteiger partial charge in [-0.25, -0.2) is 4.98 Å². The fourth-order valence-electron chi connectivity index (χ4n) is 2.45. The van der Waals surface area contributed by atoms with E-state index in [1.165, 1.54) is 0 Å². The molecule has 0 bridgehead atoms. The van der Waals surface area contributed by atoms with Gasteiger partial charge in [0.2, 0.25) is 0 Å². The van der Waals surface area contributed by atoms with Gasteiger partial charge in [-0.1, -0.05) is 26.8 Å². The highest BCUT2D eigenvalue weighted by Crippen LogP contribution is 2.61. The van der Waals surface area contributed by atoms with Gasteiger partial charge < -0.3 is 24.0 Å². The Balaban J connectivity index is 2.67. The molecule has 0 saturated carbocycles. The molecule has 2 heterocycles. The highest BCUT2D eigenvalue weighted by atomic mass is 31.2. The Morgan fingerprint density at radius 2 is 1.70 bits per heavy atom. The van der Waals surface area contributed by atoms with Crippen LogP contribution in [-0.2, 0) is 21.0 Å². The number of imidazole rings is 1. The summed E-state index contributed by atoms with van der Waals surface area (Å²) in [6, 6.07) is 5.21. The van der Waals surface area contributed by atoms with E-state index in [0.717, 1.165) is 0 Å². The van der Waals surface area contributed by atoms with Crippen LogP contribution in [0.4, 0.5) is 0 Å². The Morgan fingerprint density at radius 3 is 2.17 bits per heavy atom. The van der Waals surface area contributed by atoms with E-state index in [1.807, 2.05) is 20.8 Å². The van der Waals surface area contributed by atoms with Gasteiger partial charge >= 0.3 is 15.2 Å². The van der Waals surface area contributed by atoms with Crippen molar-refractivity contribution in [2.24, 2.45) is 0 Å². The van der Waals surface area contributed by atoms with Crippen molar-refractivity contribution in [3.63, 3.8) is 0 Å². The predicted octanol–water partition coefficient (Wildman–Crippen LogP) is 1.86. The standard InChI is InChI=1S/C13H20N2O6P2/c1-13(2,3)12-9(15-7-5-4-6-10(15)14-12)8-11(22(16,17)18)23(19,20)21/h4-7,11H,8H2,1-3H3,(H2,16,17,18)(H2,19,20,21). The van der Waals surface area contributed by atoms with Crippen LogP contribution in [0.3, 0.4) is 0 Å². The molecule has 4 N–H and O–H groups in total. The summed E-state index contributed by atoms with van der Waals surface area (Å²) in [6.45, 7) is 5.63. The van der Waals surface area contributed by atoms with Crippen molar-refractivity contribution in [2.45, 2.75) is 38.0 Å². The van der Waals surface area contributed by atoms with Crippen molar-refractivity contribution >= 4 is 20.8 Å². The maximum absolute atomic E-state index is 11.6. The molecule has 0 aliphatic carbocycles. The molecule has 0 spiro atoms. The molecule has 0 aliphatic rings. The third-order valence-corrected chi connectivity index (χ3v) is 7.21. The Bertz CT molecular complexity index is 791. The molecule has 0 atom stereocenters. The van der Waals surface area contributed by atoms with Crippen LogP contribution < -0.4 is 0 Å². The highest BCUT2D eigenvalue weighted by Gasteiger charge is 2.44. The largest absolute Gasteiger partial charge is 0.341 e. The average molecular weight is 362 g/mol. The summed E-state index contributed by atoms with van der Waals surface area (Å²) in [6.07, 6.45) is 1.19. The number of hydrogen-bond acceptors (Lipinski definition) is 3. The van der Waals surface area contributed by atoms with Gasteiger partial charge in [0, 0.05) is 23.7 Å². The normalized spacial score (nSPS) is 13.9. The maximum Gasteiger partial charge on any atom is 0.341 e. The van der Waals surface area contributed by atoms with E-state index < -0.39 is 32.4 Å². The first-order valence-electron chi connectivity index (χ1n) is 6.88. The van der Waals surface area contributed by atoms with E-state index in [4.69, 9.17) is 0 Å². The van der Waals surface area contributed by atoms with Gasteiger partial charge in [-0.2, -0.15) is 0 Å². The van der Waals surface area contributed by atoms with Crippen LogP contribution in [-0.4, -0.2) is 34.4 Å². The van der Waals surface area contributed by atoms with E-state index in [0.29, 0.717) is 17.0 Å². The molecule has 0 aliphatic heterocycles. The van der Waals surface area contributed by atoms with E-state index in [1.54, 1.807) is 28.8 Å². The summed E-state index contributed by atoms with van der Waals surface area (Å²) in [5.74, 6) is 0. The van der Waals surface area contributed by atoms with Crippen LogP contribution in [0.5, 0.6) is 0 Å². The monoisotopic (exact) mass is 362 g/mol. The van der Waals surface area contributed by atoms with Gasteiger partial charge in [0.15, 0.2) is 5.40 Å². The number of fused-ring (bicyclic) bond motifs is 1. The smallest absolute Gasteiger partial charge is 0.324 e. The predicted molar refractivity (Wildman–Crippen MR) is 85.5 cm³/mol. The first-order valence-corrected chi connectivity index (χ1v) is 10.2. The summed E-state index contributed by atoms with van der Waals surface area (Å²) in [7, 11) is -9.99. The van der Waals surface area contributed by atoms with E-state index in [-0.39, 0.29) is 0 Å². The molecule has 10 heteroatoms. The fraction of sp³-hybridized carbons (Fsp3) is 0.462. The average Bonchev–Trinajstić information content (AvgIpc) is 2.71. The number of hydrogen-bond donors (Lipinski definition) is 4. The lowest BCUT2D eigenvalue weighted by Crippen LogP contribution is -2.20. The molecule has 2 rings (SSSR count). The van der Waals surface area contributed by atoms with Gasteiger partial charge in [0.05, 0.1) is 5.69 Å². The molecule has 0 fully saturated rings. The minimum absolute atomic E-state index is 0.393. The van der Waals surface area contributed by atoms with Crippen molar-refractivity contribution in [1.29, 1.82) is 0 Å². The van der Waals surface area contributed by atoms with Crippen molar-refractivity contribution in [3.05, 3.63) is 35.8 Å². The molecule has 2 aromatic rings. The second-order valence-corrected chi connectivity index (χ2v) is 10.5. The topological polar surface area (TPSA) is 132 Å². The zero-order valence-electron chi connectivity index (χ0n) is 13.0. The van der Waals surface area contributed by atoms with Crippen LogP contribution in [0.2, 0.25) is 0 Å². The van der Waals surface area contributed by atoms with Crippen molar-refractivity contribution in [2.75, 3.05) is 0 Å². The van der Waals surface area contributed by atoms with E-state index in [9.17, 15) is 28.7 Å². The van der Waals surface area contributed by atoms with Crippen LogP contribution in [0.1, 0.15) is 32.2 Å². The molecule has 8 nitrogen and oxygen atoms in total. The summed E-state index contributed by atoms with van der Waals surface area (Å²) >= 11 is 0. The first kappa shape index (κ1) is 18.3. The Morgan fingerprint density at radius 1 is 1.13 bits per heavy atom. The Labute approximate surface area is 133 Å². The van der Waals surface area contributed by atoms with Crippen LogP contribution in [0.25, 0.3) is 5.65 Å². The molecular weight excluding hydrogens is 342 g/mol. The van der Waals surface area contributed by atoms with Gasteiger partial charge in [-0.15, -0.1) is 0 Å². The van der Waals surface area contributed by atoms with Crippen LogP contribution in [0, 0.1) is 0 Å². The molecule has 0 saturated heterocycles. The van der Waals surface area contributed by atoms with Crippen molar-refractivity contribution in [3.8, 4) is 0 Å². The quantitative estimate of drug-likeness (QED) is 0.610. The third kappa shape index (κ3) is 3.91. The summed E-state index contributed by atoms with van der Waals surface area (Å²) in [5.41, 5.74) is 1.05. The van der Waals surface area contributed by atoms with Gasteiger partial charge in [-0.05, 0) is 12.1 Å². The number of aromatic nitrogens is 2. The number of rotatable bonds is 4. The Hall–Kier alpha value is -1.01. The molecule has 128 valence electrons. The van der Waals surface area contributed by atoms with Crippen molar-refractivity contribution < 1.29 is 28.7 Å². The summed E-state index contributed by atoms with van der Waals surface area (Å²) < 4.78 is 24.8. The maximum atomic E-state index is 11.6. The van der Waals surface area contributed by atoms with Gasteiger partial charge in [0.1, 0.15) is 5.65 Å². The number of nitrogens with zero attached hydrogens (tertiary/aromatic N) is 2.